The van der Waals surface area contributed by atoms with Crippen molar-refractivity contribution in [3.8, 4) is 5.75 Å². The zero-order valence-corrected chi connectivity index (χ0v) is 12.9. The Balaban J connectivity index is 2.49. The predicted molar refractivity (Wildman–Crippen MR) is 78.0 cm³/mol. The summed E-state index contributed by atoms with van der Waals surface area (Å²) < 4.78 is 30.8. The Labute approximate surface area is 116 Å². The number of hydrogen-bond acceptors (Lipinski definition) is 3. The van der Waals surface area contributed by atoms with Crippen molar-refractivity contribution in [2.24, 2.45) is 0 Å². The Morgan fingerprint density at radius 2 is 1.74 bits per heavy atom. The van der Waals surface area contributed by atoms with E-state index in [2.05, 4.69) is 4.72 Å². The Morgan fingerprint density at radius 1 is 1.16 bits per heavy atom. The van der Waals surface area contributed by atoms with E-state index in [1.54, 1.807) is 6.92 Å². The molecular formula is C14H23NO3S. The summed E-state index contributed by atoms with van der Waals surface area (Å²) >= 11 is 0. The normalized spacial score (nSPS) is 12.4. The third-order valence-corrected chi connectivity index (χ3v) is 3.87. The van der Waals surface area contributed by atoms with E-state index in [4.69, 9.17) is 4.74 Å². The van der Waals surface area contributed by atoms with Crippen molar-refractivity contribution >= 4 is 10.0 Å². The van der Waals surface area contributed by atoms with Crippen LogP contribution in [0.2, 0.25) is 0 Å². The number of sulfonamides is 1. The molecule has 0 fully saturated rings. The SMILES string of the molecule is CCS(=O)(=O)NCCc1ccc(OC(C)(C)C)cc1. The average molecular weight is 285 g/mol. The Morgan fingerprint density at radius 3 is 2.21 bits per heavy atom. The summed E-state index contributed by atoms with van der Waals surface area (Å²) in [6.45, 7) is 8.05. The van der Waals surface area contributed by atoms with Crippen LogP contribution in [0.3, 0.4) is 0 Å². The second-order valence-electron chi connectivity index (χ2n) is 5.41. The van der Waals surface area contributed by atoms with Crippen LogP contribution in [0.4, 0.5) is 0 Å². The van der Waals surface area contributed by atoms with Gasteiger partial charge in [0.2, 0.25) is 10.0 Å². The van der Waals surface area contributed by atoms with Crippen molar-refractivity contribution in [1.82, 2.24) is 4.72 Å². The van der Waals surface area contributed by atoms with Gasteiger partial charge in [-0.05, 0) is 51.8 Å². The first-order valence-corrected chi connectivity index (χ1v) is 8.12. The maximum atomic E-state index is 11.3. The van der Waals surface area contributed by atoms with Crippen LogP contribution < -0.4 is 9.46 Å². The van der Waals surface area contributed by atoms with Crippen LogP contribution >= 0.6 is 0 Å². The molecule has 0 aliphatic rings. The predicted octanol–water partition coefficient (Wildman–Crippen LogP) is 2.35. The van der Waals surface area contributed by atoms with Crippen molar-refractivity contribution in [3.63, 3.8) is 0 Å². The van der Waals surface area contributed by atoms with Gasteiger partial charge in [-0.3, -0.25) is 0 Å². The molecule has 0 bridgehead atoms. The minimum atomic E-state index is -3.10. The summed E-state index contributed by atoms with van der Waals surface area (Å²) in [5, 5.41) is 0. The fourth-order valence-electron chi connectivity index (χ4n) is 1.53. The van der Waals surface area contributed by atoms with E-state index >= 15 is 0 Å². The van der Waals surface area contributed by atoms with E-state index in [1.165, 1.54) is 0 Å². The van der Waals surface area contributed by atoms with Crippen molar-refractivity contribution in [3.05, 3.63) is 29.8 Å². The van der Waals surface area contributed by atoms with Crippen LogP contribution in [0.1, 0.15) is 33.3 Å². The van der Waals surface area contributed by atoms with Crippen LogP contribution in [0.25, 0.3) is 0 Å². The summed E-state index contributed by atoms with van der Waals surface area (Å²) in [5.74, 6) is 0.941. The van der Waals surface area contributed by atoms with Crippen molar-refractivity contribution in [2.75, 3.05) is 12.3 Å². The third kappa shape index (κ3) is 6.59. The van der Waals surface area contributed by atoms with Gasteiger partial charge in [0.05, 0.1) is 5.75 Å². The topological polar surface area (TPSA) is 55.4 Å². The Hall–Kier alpha value is -1.07. The minimum Gasteiger partial charge on any atom is -0.488 e. The van der Waals surface area contributed by atoms with E-state index < -0.39 is 10.0 Å². The zero-order chi connectivity index (χ0) is 14.5. The van der Waals surface area contributed by atoms with Gasteiger partial charge >= 0.3 is 0 Å². The van der Waals surface area contributed by atoms with Gasteiger partial charge in [0.15, 0.2) is 0 Å². The number of nitrogens with one attached hydrogen (secondary N) is 1. The lowest BCUT2D eigenvalue weighted by Crippen LogP contribution is -2.27. The van der Waals surface area contributed by atoms with Gasteiger partial charge in [0.1, 0.15) is 11.4 Å². The smallest absolute Gasteiger partial charge is 0.211 e. The molecule has 0 heterocycles. The summed E-state index contributed by atoms with van der Waals surface area (Å²) in [7, 11) is -3.10. The van der Waals surface area contributed by atoms with Gasteiger partial charge in [-0.15, -0.1) is 0 Å². The Bertz CT molecular complexity index is 486. The molecule has 0 amide bonds. The molecule has 0 unspecified atom stereocenters. The van der Waals surface area contributed by atoms with Gasteiger partial charge < -0.3 is 4.74 Å². The highest BCUT2D eigenvalue weighted by atomic mass is 32.2. The second-order valence-corrected chi connectivity index (χ2v) is 7.50. The lowest BCUT2D eigenvalue weighted by Gasteiger charge is -2.21. The highest BCUT2D eigenvalue weighted by Crippen LogP contribution is 2.18. The first-order valence-electron chi connectivity index (χ1n) is 6.47. The molecule has 1 N–H and O–H groups in total. The molecule has 1 aromatic rings. The quantitative estimate of drug-likeness (QED) is 0.873. The maximum Gasteiger partial charge on any atom is 0.211 e. The molecule has 5 heteroatoms. The van der Waals surface area contributed by atoms with Gasteiger partial charge in [-0.1, -0.05) is 12.1 Å². The zero-order valence-electron chi connectivity index (χ0n) is 12.1. The van der Waals surface area contributed by atoms with Crippen molar-refractivity contribution < 1.29 is 13.2 Å². The van der Waals surface area contributed by atoms with Gasteiger partial charge in [0, 0.05) is 6.54 Å². The second kappa shape index (κ2) is 6.39. The molecular weight excluding hydrogens is 262 g/mol. The van der Waals surface area contributed by atoms with Crippen LogP contribution in [0.15, 0.2) is 24.3 Å². The summed E-state index contributed by atoms with van der Waals surface area (Å²) in [5.41, 5.74) is 0.873. The lowest BCUT2D eigenvalue weighted by molar-refractivity contribution is 0.131. The van der Waals surface area contributed by atoms with Crippen LogP contribution in [-0.2, 0) is 16.4 Å². The van der Waals surface area contributed by atoms with Crippen LogP contribution in [0.5, 0.6) is 5.75 Å². The fraction of sp³-hybridized carbons (Fsp3) is 0.571. The highest BCUT2D eigenvalue weighted by Gasteiger charge is 2.11. The van der Waals surface area contributed by atoms with Crippen LogP contribution in [0, 0.1) is 0 Å². The van der Waals surface area contributed by atoms with Gasteiger partial charge in [0.25, 0.3) is 0 Å². The van der Waals surface area contributed by atoms with Crippen LogP contribution in [-0.4, -0.2) is 26.3 Å². The van der Waals surface area contributed by atoms with E-state index in [1.807, 2.05) is 45.0 Å². The van der Waals surface area contributed by atoms with Crippen molar-refractivity contribution in [1.29, 1.82) is 0 Å². The molecule has 0 saturated heterocycles. The number of ether oxygens (including phenoxy) is 1. The molecule has 0 aliphatic carbocycles. The molecule has 0 aliphatic heterocycles. The fourth-order valence-corrected chi connectivity index (χ4v) is 2.15. The molecule has 19 heavy (non-hydrogen) atoms. The number of rotatable bonds is 6. The van der Waals surface area contributed by atoms with E-state index in [-0.39, 0.29) is 11.4 Å². The largest absolute Gasteiger partial charge is 0.488 e. The molecule has 1 rings (SSSR count). The van der Waals surface area contributed by atoms with E-state index in [0.717, 1.165) is 11.3 Å². The van der Waals surface area contributed by atoms with Crippen molar-refractivity contribution in [2.45, 2.75) is 39.7 Å². The summed E-state index contributed by atoms with van der Waals surface area (Å²) in [4.78, 5) is 0. The molecule has 0 radical (unpaired) electrons. The first-order chi connectivity index (χ1) is 8.72. The summed E-state index contributed by atoms with van der Waals surface area (Å²) in [6.07, 6.45) is 0.676. The van der Waals surface area contributed by atoms with E-state index in [0.29, 0.717) is 13.0 Å². The minimum absolute atomic E-state index is 0.116. The molecule has 1 aromatic carbocycles. The molecule has 4 nitrogen and oxygen atoms in total. The average Bonchev–Trinajstić information content (AvgIpc) is 2.29. The monoisotopic (exact) mass is 285 g/mol. The Kier molecular flexibility index (Phi) is 5.38. The number of hydrogen-bond donors (Lipinski definition) is 1. The lowest BCUT2D eigenvalue weighted by atomic mass is 10.1. The van der Waals surface area contributed by atoms with E-state index in [9.17, 15) is 8.42 Å². The molecule has 0 spiro atoms. The third-order valence-electron chi connectivity index (χ3n) is 2.46. The first kappa shape index (κ1) is 16.0. The molecule has 0 aromatic heterocycles. The van der Waals surface area contributed by atoms with Gasteiger partial charge in [-0.25, -0.2) is 13.1 Å². The number of benzene rings is 1. The highest BCUT2D eigenvalue weighted by molar-refractivity contribution is 7.89. The standard InChI is InChI=1S/C14H23NO3S/c1-5-19(16,17)15-11-10-12-6-8-13(9-7-12)18-14(2,3)4/h6-9,15H,5,10-11H2,1-4H3. The van der Waals surface area contributed by atoms with Gasteiger partial charge in [-0.2, -0.15) is 0 Å². The maximum absolute atomic E-state index is 11.3. The molecule has 108 valence electrons. The molecule has 0 saturated carbocycles. The molecule has 0 atom stereocenters. The summed E-state index contributed by atoms with van der Waals surface area (Å²) in [6, 6.07) is 7.74.